The third kappa shape index (κ3) is 2.39. The van der Waals surface area contributed by atoms with Crippen LogP contribution in [-0.2, 0) is 0 Å². The van der Waals surface area contributed by atoms with Gasteiger partial charge in [-0.15, -0.1) is 0 Å². The molecule has 0 aliphatic rings. The molecular weight excluding hydrogens is 126 g/mol. The molecule has 0 aromatic rings. The SMILES string of the molecule is CC(C(O)CO)[N+](=O)[O-]. The minimum atomic E-state index is -1.25. The van der Waals surface area contributed by atoms with E-state index in [0.717, 1.165) is 0 Å². The number of nitro groups is 1. The van der Waals surface area contributed by atoms with E-state index in [1.165, 1.54) is 6.92 Å². The molecule has 2 N–H and O–H groups in total. The van der Waals surface area contributed by atoms with Gasteiger partial charge in [0.2, 0.25) is 6.04 Å². The van der Waals surface area contributed by atoms with Crippen LogP contribution >= 0.6 is 0 Å². The van der Waals surface area contributed by atoms with Gasteiger partial charge < -0.3 is 10.2 Å². The van der Waals surface area contributed by atoms with Crippen molar-refractivity contribution in [3.8, 4) is 0 Å². The monoisotopic (exact) mass is 135 g/mol. The van der Waals surface area contributed by atoms with Gasteiger partial charge in [0.1, 0.15) is 6.10 Å². The number of hydrogen-bond acceptors (Lipinski definition) is 4. The highest BCUT2D eigenvalue weighted by Crippen LogP contribution is 1.94. The van der Waals surface area contributed by atoms with Crippen molar-refractivity contribution in [2.75, 3.05) is 6.61 Å². The highest BCUT2D eigenvalue weighted by atomic mass is 16.6. The lowest BCUT2D eigenvalue weighted by Gasteiger charge is -2.07. The molecule has 0 fully saturated rings. The first-order valence-corrected chi connectivity index (χ1v) is 2.52. The van der Waals surface area contributed by atoms with Crippen LogP contribution in [0.15, 0.2) is 0 Å². The van der Waals surface area contributed by atoms with E-state index >= 15 is 0 Å². The minimum Gasteiger partial charge on any atom is -0.393 e. The highest BCUT2D eigenvalue weighted by Gasteiger charge is 2.22. The van der Waals surface area contributed by atoms with Crippen LogP contribution in [0.1, 0.15) is 6.92 Å². The van der Waals surface area contributed by atoms with Crippen LogP contribution in [0.2, 0.25) is 0 Å². The third-order valence-corrected chi connectivity index (χ3v) is 1.08. The van der Waals surface area contributed by atoms with Crippen molar-refractivity contribution in [1.29, 1.82) is 0 Å². The Morgan fingerprint density at radius 1 is 1.78 bits per heavy atom. The molecule has 2 atom stereocenters. The summed E-state index contributed by atoms with van der Waals surface area (Å²) < 4.78 is 0. The second-order valence-corrected chi connectivity index (χ2v) is 1.78. The number of aliphatic hydroxyl groups is 2. The van der Waals surface area contributed by atoms with E-state index < -0.39 is 23.7 Å². The fourth-order valence-corrected chi connectivity index (χ4v) is 0.293. The summed E-state index contributed by atoms with van der Waals surface area (Å²) in [6.45, 7) is 0.670. The Balaban J connectivity index is 3.72. The van der Waals surface area contributed by atoms with Gasteiger partial charge in [0.05, 0.1) is 6.61 Å². The molecule has 5 heteroatoms. The molecule has 9 heavy (non-hydrogen) atoms. The van der Waals surface area contributed by atoms with Crippen molar-refractivity contribution in [1.82, 2.24) is 0 Å². The number of hydrogen-bond donors (Lipinski definition) is 2. The van der Waals surface area contributed by atoms with Gasteiger partial charge in [0.15, 0.2) is 0 Å². The van der Waals surface area contributed by atoms with Gasteiger partial charge in [0.25, 0.3) is 0 Å². The Morgan fingerprint density at radius 3 is 2.33 bits per heavy atom. The molecule has 0 bridgehead atoms. The van der Waals surface area contributed by atoms with Gasteiger partial charge in [-0.1, -0.05) is 0 Å². The Kier molecular flexibility index (Phi) is 3.11. The molecule has 0 rings (SSSR count). The predicted octanol–water partition coefficient (Wildman–Crippen LogP) is -0.995. The maximum Gasteiger partial charge on any atom is 0.238 e. The molecule has 0 spiro atoms. The van der Waals surface area contributed by atoms with Gasteiger partial charge in [-0.25, -0.2) is 0 Å². The molecule has 0 aliphatic carbocycles. The van der Waals surface area contributed by atoms with E-state index in [9.17, 15) is 10.1 Å². The summed E-state index contributed by atoms with van der Waals surface area (Å²) >= 11 is 0. The van der Waals surface area contributed by atoms with E-state index in [1.807, 2.05) is 0 Å². The fraction of sp³-hybridized carbons (Fsp3) is 1.00. The van der Waals surface area contributed by atoms with Crippen LogP contribution in [0.5, 0.6) is 0 Å². The Labute approximate surface area is 52.1 Å². The van der Waals surface area contributed by atoms with Crippen LogP contribution in [0.3, 0.4) is 0 Å². The van der Waals surface area contributed by atoms with Gasteiger partial charge in [-0.05, 0) is 0 Å². The van der Waals surface area contributed by atoms with E-state index in [0.29, 0.717) is 0 Å². The van der Waals surface area contributed by atoms with Crippen molar-refractivity contribution in [3.05, 3.63) is 10.1 Å². The van der Waals surface area contributed by atoms with Crippen molar-refractivity contribution < 1.29 is 15.1 Å². The minimum absolute atomic E-state index is 0.567. The van der Waals surface area contributed by atoms with Crippen molar-refractivity contribution >= 4 is 0 Å². The van der Waals surface area contributed by atoms with Crippen LogP contribution in [-0.4, -0.2) is 33.9 Å². The third-order valence-electron chi connectivity index (χ3n) is 1.08. The zero-order valence-corrected chi connectivity index (χ0v) is 5.02. The van der Waals surface area contributed by atoms with Gasteiger partial charge >= 0.3 is 0 Å². The molecule has 5 nitrogen and oxygen atoms in total. The average Bonchev–Trinajstić information content (AvgIpc) is 1.84. The first kappa shape index (κ1) is 8.32. The molecule has 0 saturated heterocycles. The summed E-state index contributed by atoms with van der Waals surface area (Å²) in [6, 6.07) is -1.09. The van der Waals surface area contributed by atoms with Gasteiger partial charge in [0, 0.05) is 11.8 Å². The Morgan fingerprint density at radius 2 is 2.22 bits per heavy atom. The van der Waals surface area contributed by atoms with Crippen LogP contribution < -0.4 is 0 Å². The van der Waals surface area contributed by atoms with Crippen LogP contribution in [0.4, 0.5) is 0 Å². The van der Waals surface area contributed by atoms with E-state index in [1.54, 1.807) is 0 Å². The van der Waals surface area contributed by atoms with Gasteiger partial charge in [-0.3, -0.25) is 10.1 Å². The first-order chi connectivity index (χ1) is 4.09. The quantitative estimate of drug-likeness (QED) is 0.384. The Hall–Kier alpha value is -0.680. The lowest BCUT2D eigenvalue weighted by atomic mass is 10.2. The lowest BCUT2D eigenvalue weighted by molar-refractivity contribution is -0.530. The van der Waals surface area contributed by atoms with Crippen molar-refractivity contribution in [3.63, 3.8) is 0 Å². The summed E-state index contributed by atoms with van der Waals surface area (Å²) in [6.07, 6.45) is -1.25. The molecule has 2 unspecified atom stereocenters. The standard InChI is InChI=1S/C4H9NO4/c1-3(5(8)9)4(7)2-6/h3-4,6-7H,2H2,1H3. The first-order valence-electron chi connectivity index (χ1n) is 2.52. The highest BCUT2D eigenvalue weighted by molar-refractivity contribution is 4.59. The number of rotatable bonds is 3. The second-order valence-electron chi connectivity index (χ2n) is 1.78. The van der Waals surface area contributed by atoms with E-state index in [4.69, 9.17) is 10.2 Å². The molecular formula is C4H9NO4. The zero-order chi connectivity index (χ0) is 7.44. The number of nitrogens with zero attached hydrogens (tertiary/aromatic N) is 1. The lowest BCUT2D eigenvalue weighted by Crippen LogP contribution is -2.33. The summed E-state index contributed by atoms with van der Waals surface area (Å²) in [4.78, 5) is 9.20. The maximum atomic E-state index is 9.83. The summed E-state index contributed by atoms with van der Waals surface area (Å²) in [5.41, 5.74) is 0. The summed E-state index contributed by atoms with van der Waals surface area (Å²) in [5, 5.41) is 26.6. The zero-order valence-electron chi connectivity index (χ0n) is 5.02. The maximum absolute atomic E-state index is 9.83. The number of aliphatic hydroxyl groups excluding tert-OH is 2. The molecule has 0 aromatic carbocycles. The van der Waals surface area contributed by atoms with Gasteiger partial charge in [-0.2, -0.15) is 0 Å². The Bertz CT molecular complexity index is 105. The summed E-state index contributed by atoms with van der Waals surface area (Å²) in [5.74, 6) is 0. The molecule has 0 aliphatic heterocycles. The second kappa shape index (κ2) is 3.37. The molecule has 0 amide bonds. The fourth-order valence-electron chi connectivity index (χ4n) is 0.293. The molecule has 54 valence electrons. The molecule has 0 aromatic heterocycles. The van der Waals surface area contributed by atoms with Crippen molar-refractivity contribution in [2.45, 2.75) is 19.1 Å². The average molecular weight is 135 g/mol. The smallest absolute Gasteiger partial charge is 0.238 e. The van der Waals surface area contributed by atoms with E-state index in [2.05, 4.69) is 0 Å². The molecule has 0 heterocycles. The topological polar surface area (TPSA) is 83.6 Å². The van der Waals surface area contributed by atoms with Crippen LogP contribution in [0, 0.1) is 10.1 Å². The van der Waals surface area contributed by atoms with Crippen molar-refractivity contribution in [2.24, 2.45) is 0 Å². The van der Waals surface area contributed by atoms with E-state index in [-0.39, 0.29) is 0 Å². The van der Waals surface area contributed by atoms with Crippen LogP contribution in [0.25, 0.3) is 0 Å². The summed E-state index contributed by atoms with van der Waals surface area (Å²) in [7, 11) is 0. The largest absolute Gasteiger partial charge is 0.393 e. The predicted molar refractivity (Wildman–Crippen MR) is 29.5 cm³/mol. The molecule has 0 saturated carbocycles. The normalized spacial score (nSPS) is 16.8. The molecule has 0 radical (unpaired) electrons.